The summed E-state index contributed by atoms with van der Waals surface area (Å²) >= 11 is 5.96. The van der Waals surface area contributed by atoms with Gasteiger partial charge in [-0.25, -0.2) is 4.39 Å². The van der Waals surface area contributed by atoms with E-state index in [2.05, 4.69) is 0 Å². The number of carbonyl (C=O) groups excluding carboxylic acids is 1. The standard InChI is InChI=1S/C18H12ClFO/c19-16-6-3-7-17(20)15(16)11-18(21)14-9-8-12-4-1-2-5-13(12)10-14/h1-10H,11H2. The molecule has 3 rings (SSSR count). The molecule has 0 spiro atoms. The van der Waals surface area contributed by atoms with Crippen LogP contribution in [0.4, 0.5) is 4.39 Å². The molecule has 0 N–H and O–H groups in total. The van der Waals surface area contributed by atoms with Gasteiger partial charge in [0.2, 0.25) is 0 Å². The van der Waals surface area contributed by atoms with E-state index < -0.39 is 5.82 Å². The molecule has 1 nitrogen and oxygen atoms in total. The minimum Gasteiger partial charge on any atom is -0.294 e. The predicted octanol–water partition coefficient (Wildman–Crippen LogP) is 5.06. The third-order valence-corrected chi connectivity index (χ3v) is 3.82. The van der Waals surface area contributed by atoms with Gasteiger partial charge in [-0.3, -0.25) is 4.79 Å². The molecule has 0 saturated carbocycles. The van der Waals surface area contributed by atoms with Crippen LogP contribution in [0.15, 0.2) is 60.7 Å². The number of ketones is 1. The van der Waals surface area contributed by atoms with Crippen molar-refractivity contribution in [2.45, 2.75) is 6.42 Å². The zero-order valence-electron chi connectivity index (χ0n) is 11.1. The van der Waals surface area contributed by atoms with Gasteiger partial charge in [0.25, 0.3) is 0 Å². The van der Waals surface area contributed by atoms with E-state index in [9.17, 15) is 9.18 Å². The van der Waals surface area contributed by atoms with Crippen LogP contribution >= 0.6 is 11.6 Å². The number of benzene rings is 3. The topological polar surface area (TPSA) is 17.1 Å². The number of hydrogen-bond donors (Lipinski definition) is 0. The maximum atomic E-state index is 13.7. The summed E-state index contributed by atoms with van der Waals surface area (Å²) in [5, 5.41) is 2.34. The van der Waals surface area contributed by atoms with E-state index in [-0.39, 0.29) is 22.8 Å². The fraction of sp³-hybridized carbons (Fsp3) is 0.0556. The smallest absolute Gasteiger partial charge is 0.167 e. The molecule has 0 radical (unpaired) electrons. The molecule has 0 aliphatic heterocycles. The van der Waals surface area contributed by atoms with Crippen molar-refractivity contribution in [2.75, 3.05) is 0 Å². The van der Waals surface area contributed by atoms with Gasteiger partial charge in [0.05, 0.1) is 0 Å². The monoisotopic (exact) mass is 298 g/mol. The molecule has 3 aromatic carbocycles. The van der Waals surface area contributed by atoms with Crippen LogP contribution in [-0.4, -0.2) is 5.78 Å². The molecule has 0 saturated heterocycles. The summed E-state index contributed by atoms with van der Waals surface area (Å²) in [7, 11) is 0. The maximum absolute atomic E-state index is 13.7. The summed E-state index contributed by atoms with van der Waals surface area (Å²) in [6.07, 6.45) is -0.0379. The normalized spacial score (nSPS) is 10.8. The summed E-state index contributed by atoms with van der Waals surface area (Å²) < 4.78 is 13.7. The number of halogens is 2. The van der Waals surface area contributed by atoms with Gasteiger partial charge in [0, 0.05) is 22.6 Å². The third kappa shape index (κ3) is 2.81. The molecule has 0 aliphatic rings. The lowest BCUT2D eigenvalue weighted by Crippen LogP contribution is -2.05. The van der Waals surface area contributed by atoms with Gasteiger partial charge in [0.15, 0.2) is 5.78 Å². The van der Waals surface area contributed by atoms with Crippen molar-refractivity contribution >= 4 is 28.2 Å². The summed E-state index contributed by atoms with van der Waals surface area (Å²) in [5.74, 6) is -0.593. The van der Waals surface area contributed by atoms with Crippen LogP contribution in [0.3, 0.4) is 0 Å². The van der Waals surface area contributed by atoms with Crippen LogP contribution in [0.25, 0.3) is 10.8 Å². The average Bonchev–Trinajstić information content (AvgIpc) is 2.50. The third-order valence-electron chi connectivity index (χ3n) is 3.47. The Labute approximate surface area is 127 Å². The van der Waals surface area contributed by atoms with E-state index in [1.807, 2.05) is 36.4 Å². The van der Waals surface area contributed by atoms with Gasteiger partial charge in [-0.15, -0.1) is 0 Å². The first-order chi connectivity index (χ1) is 10.1. The summed E-state index contributed by atoms with van der Waals surface area (Å²) in [4.78, 5) is 12.3. The van der Waals surface area contributed by atoms with Gasteiger partial charge in [-0.05, 0) is 29.0 Å². The second kappa shape index (κ2) is 5.66. The van der Waals surface area contributed by atoms with Crippen molar-refractivity contribution in [1.82, 2.24) is 0 Å². The van der Waals surface area contributed by atoms with Crippen molar-refractivity contribution in [1.29, 1.82) is 0 Å². The number of carbonyl (C=O) groups is 1. The Kier molecular flexibility index (Phi) is 3.72. The minimum absolute atomic E-state index is 0.0379. The molecule has 0 atom stereocenters. The first-order valence-corrected chi connectivity index (χ1v) is 6.98. The number of fused-ring (bicyclic) bond motifs is 1. The Morgan fingerprint density at radius 1 is 0.952 bits per heavy atom. The zero-order valence-corrected chi connectivity index (χ0v) is 11.9. The van der Waals surface area contributed by atoms with Crippen LogP contribution in [0.2, 0.25) is 5.02 Å². The molecule has 0 bridgehead atoms. The molecule has 0 aromatic heterocycles. The van der Waals surface area contributed by atoms with Gasteiger partial charge >= 0.3 is 0 Å². The van der Waals surface area contributed by atoms with Crippen molar-refractivity contribution in [2.24, 2.45) is 0 Å². The molecule has 0 amide bonds. The fourth-order valence-corrected chi connectivity index (χ4v) is 2.56. The second-order valence-corrected chi connectivity index (χ2v) is 5.27. The van der Waals surface area contributed by atoms with Crippen molar-refractivity contribution in [3.05, 3.63) is 82.6 Å². The molecule has 0 aliphatic carbocycles. The minimum atomic E-state index is -0.448. The van der Waals surface area contributed by atoms with Crippen LogP contribution in [0.1, 0.15) is 15.9 Å². The van der Waals surface area contributed by atoms with Crippen LogP contribution in [-0.2, 0) is 6.42 Å². The Bertz CT molecular complexity index is 806. The molecule has 3 heteroatoms. The first-order valence-electron chi connectivity index (χ1n) is 6.60. The molecule has 0 heterocycles. The van der Waals surface area contributed by atoms with Crippen LogP contribution < -0.4 is 0 Å². The Balaban J connectivity index is 1.94. The zero-order chi connectivity index (χ0) is 14.8. The SMILES string of the molecule is O=C(Cc1c(F)cccc1Cl)c1ccc2ccccc2c1. The lowest BCUT2D eigenvalue weighted by atomic mass is 10.00. The van der Waals surface area contributed by atoms with Gasteiger partial charge in [-0.2, -0.15) is 0 Å². The number of rotatable bonds is 3. The first kappa shape index (κ1) is 13.8. The van der Waals surface area contributed by atoms with Crippen LogP contribution in [0, 0.1) is 5.82 Å². The van der Waals surface area contributed by atoms with E-state index in [0.29, 0.717) is 5.56 Å². The van der Waals surface area contributed by atoms with Crippen molar-refractivity contribution in [3.63, 3.8) is 0 Å². The molecular formula is C18H12ClFO. The molecule has 3 aromatic rings. The van der Waals surface area contributed by atoms with Crippen molar-refractivity contribution < 1.29 is 9.18 Å². The fourth-order valence-electron chi connectivity index (χ4n) is 2.33. The van der Waals surface area contributed by atoms with E-state index >= 15 is 0 Å². The van der Waals surface area contributed by atoms with Crippen LogP contribution in [0.5, 0.6) is 0 Å². The Morgan fingerprint density at radius 3 is 2.48 bits per heavy atom. The molecule has 104 valence electrons. The van der Waals surface area contributed by atoms with E-state index in [4.69, 9.17) is 11.6 Å². The largest absolute Gasteiger partial charge is 0.294 e. The maximum Gasteiger partial charge on any atom is 0.167 e. The number of hydrogen-bond acceptors (Lipinski definition) is 1. The predicted molar refractivity (Wildman–Crippen MR) is 83.4 cm³/mol. The van der Waals surface area contributed by atoms with Crippen molar-refractivity contribution in [3.8, 4) is 0 Å². The molecular weight excluding hydrogens is 287 g/mol. The lowest BCUT2D eigenvalue weighted by molar-refractivity contribution is 0.0992. The van der Waals surface area contributed by atoms with Gasteiger partial charge in [0.1, 0.15) is 5.82 Å². The molecule has 21 heavy (non-hydrogen) atoms. The summed E-state index contributed by atoms with van der Waals surface area (Å²) in [6.45, 7) is 0. The highest BCUT2D eigenvalue weighted by molar-refractivity contribution is 6.31. The highest BCUT2D eigenvalue weighted by atomic mass is 35.5. The Hall–Kier alpha value is -2.19. The van der Waals surface area contributed by atoms with E-state index in [0.717, 1.165) is 10.8 Å². The van der Waals surface area contributed by atoms with E-state index in [1.165, 1.54) is 12.1 Å². The molecule has 0 fully saturated rings. The number of Topliss-reactive ketones (excluding diaryl/α,β-unsaturated/α-hetero) is 1. The summed E-state index contributed by atoms with van der Waals surface area (Å²) in [5.41, 5.74) is 0.811. The van der Waals surface area contributed by atoms with Gasteiger partial charge in [-0.1, -0.05) is 54.1 Å². The molecule has 0 unspecified atom stereocenters. The van der Waals surface area contributed by atoms with E-state index in [1.54, 1.807) is 12.1 Å². The van der Waals surface area contributed by atoms with Gasteiger partial charge < -0.3 is 0 Å². The summed E-state index contributed by atoms with van der Waals surface area (Å²) in [6, 6.07) is 17.7. The average molecular weight is 299 g/mol. The highest BCUT2D eigenvalue weighted by Gasteiger charge is 2.13. The Morgan fingerprint density at radius 2 is 1.71 bits per heavy atom. The second-order valence-electron chi connectivity index (χ2n) is 4.86. The lowest BCUT2D eigenvalue weighted by Gasteiger charge is -2.06. The highest BCUT2D eigenvalue weighted by Crippen LogP contribution is 2.22. The quantitative estimate of drug-likeness (QED) is 0.618.